The first-order valence-electron chi connectivity index (χ1n) is 5.94. The summed E-state index contributed by atoms with van der Waals surface area (Å²) in [5, 5.41) is 69.9. The zero-order chi connectivity index (χ0) is 15.4. The minimum atomic E-state index is -1.38. The number of hydrogen-bond donors (Lipinski definition) is 8. The van der Waals surface area contributed by atoms with Gasteiger partial charge in [0, 0.05) is 0 Å². The lowest BCUT2D eigenvalue weighted by atomic mass is 10.1. The molecule has 0 aromatic heterocycles. The van der Waals surface area contributed by atoms with Gasteiger partial charge in [-0.1, -0.05) is 0 Å². The van der Waals surface area contributed by atoms with E-state index in [1.165, 1.54) is 0 Å². The molecule has 2 fully saturated rings. The average molecular weight is 300 g/mol. The van der Waals surface area contributed by atoms with Gasteiger partial charge in [0.05, 0.1) is 13.2 Å². The predicted molar refractivity (Wildman–Crippen MR) is 60.0 cm³/mol. The Morgan fingerprint density at radius 3 is 0.950 bits per heavy atom. The van der Waals surface area contributed by atoms with Crippen LogP contribution in [0.1, 0.15) is 0 Å². The highest BCUT2D eigenvalue weighted by atomic mass is 16.7. The van der Waals surface area contributed by atoms with Crippen molar-refractivity contribution in [2.24, 2.45) is 0 Å². The predicted octanol–water partition coefficient (Wildman–Crippen LogP) is -5.16. The molecule has 0 bridgehead atoms. The molecule has 0 amide bonds. The van der Waals surface area contributed by atoms with E-state index < -0.39 is 62.4 Å². The second-order valence-corrected chi connectivity index (χ2v) is 4.46. The van der Waals surface area contributed by atoms with E-state index in [1.807, 2.05) is 0 Å². The molecule has 2 rings (SSSR count). The van der Waals surface area contributed by atoms with Crippen LogP contribution in [0.25, 0.3) is 0 Å². The third-order valence-electron chi connectivity index (χ3n) is 3.03. The molecule has 0 saturated carbocycles. The second kappa shape index (κ2) is 7.56. The van der Waals surface area contributed by atoms with Gasteiger partial charge >= 0.3 is 0 Å². The lowest BCUT2D eigenvalue weighted by Gasteiger charge is -2.09. The molecular formula is C10H20O10. The van der Waals surface area contributed by atoms with Crippen LogP contribution in [-0.2, 0) is 9.47 Å². The molecule has 2 aliphatic heterocycles. The largest absolute Gasteiger partial charge is 0.394 e. The Morgan fingerprint density at radius 1 is 0.550 bits per heavy atom. The van der Waals surface area contributed by atoms with E-state index in [0.717, 1.165) is 0 Å². The van der Waals surface area contributed by atoms with Crippen molar-refractivity contribution in [3.63, 3.8) is 0 Å². The maximum atomic E-state index is 8.93. The summed E-state index contributed by atoms with van der Waals surface area (Å²) in [5.74, 6) is 0. The summed E-state index contributed by atoms with van der Waals surface area (Å²) >= 11 is 0. The maximum Gasteiger partial charge on any atom is 0.184 e. The Balaban J connectivity index is 0.000000200. The van der Waals surface area contributed by atoms with Gasteiger partial charge in [0.25, 0.3) is 0 Å². The molecule has 0 unspecified atom stereocenters. The standard InChI is InChI=1S/2C5H10O5/c2*6-1-2-3(7)4(8)5(9)10-2/h2*2-9H,1H2/t2-,3-,4+,5-;2-,3-,4-,5-/m11/s1. The van der Waals surface area contributed by atoms with Crippen LogP contribution in [0.5, 0.6) is 0 Å². The van der Waals surface area contributed by atoms with Crippen molar-refractivity contribution >= 4 is 0 Å². The first-order chi connectivity index (χ1) is 9.33. The van der Waals surface area contributed by atoms with Gasteiger partial charge in [-0.3, -0.25) is 0 Å². The highest BCUT2D eigenvalue weighted by Gasteiger charge is 2.41. The Kier molecular flexibility index (Phi) is 6.68. The fourth-order valence-electron chi connectivity index (χ4n) is 1.76. The van der Waals surface area contributed by atoms with E-state index >= 15 is 0 Å². The molecular weight excluding hydrogens is 280 g/mol. The van der Waals surface area contributed by atoms with Crippen molar-refractivity contribution in [3.05, 3.63) is 0 Å². The highest BCUT2D eigenvalue weighted by molar-refractivity contribution is 4.85. The Labute approximate surface area is 114 Å². The fraction of sp³-hybridized carbons (Fsp3) is 1.00. The maximum absolute atomic E-state index is 8.93. The molecule has 8 N–H and O–H groups in total. The second-order valence-electron chi connectivity index (χ2n) is 4.46. The Hall–Kier alpha value is -0.400. The van der Waals surface area contributed by atoms with E-state index in [-0.39, 0.29) is 0 Å². The van der Waals surface area contributed by atoms with Crippen LogP contribution in [0.15, 0.2) is 0 Å². The summed E-state index contributed by atoms with van der Waals surface area (Å²) in [6.07, 6.45) is -9.51. The third kappa shape index (κ3) is 3.83. The minimum Gasteiger partial charge on any atom is -0.394 e. The van der Waals surface area contributed by atoms with Gasteiger partial charge in [0.1, 0.15) is 36.6 Å². The number of ether oxygens (including phenoxy) is 2. The zero-order valence-corrected chi connectivity index (χ0v) is 10.4. The van der Waals surface area contributed by atoms with Crippen LogP contribution < -0.4 is 0 Å². The van der Waals surface area contributed by atoms with Gasteiger partial charge in [0.15, 0.2) is 12.6 Å². The van der Waals surface area contributed by atoms with Gasteiger partial charge < -0.3 is 50.3 Å². The molecule has 10 nitrogen and oxygen atoms in total. The molecule has 120 valence electrons. The molecule has 10 heteroatoms. The summed E-state index contributed by atoms with van der Waals surface area (Å²) in [5.41, 5.74) is 0. The summed E-state index contributed by atoms with van der Waals surface area (Å²) in [6.45, 7) is -0.815. The summed E-state index contributed by atoms with van der Waals surface area (Å²) < 4.78 is 9.08. The highest BCUT2D eigenvalue weighted by Crippen LogP contribution is 2.19. The number of hydrogen-bond acceptors (Lipinski definition) is 10. The van der Waals surface area contributed by atoms with Crippen molar-refractivity contribution in [1.29, 1.82) is 0 Å². The summed E-state index contributed by atoms with van der Waals surface area (Å²) in [7, 11) is 0. The number of rotatable bonds is 2. The minimum absolute atomic E-state index is 0.407. The van der Waals surface area contributed by atoms with Crippen molar-refractivity contribution < 1.29 is 50.3 Å². The molecule has 0 aliphatic carbocycles. The third-order valence-corrected chi connectivity index (χ3v) is 3.03. The first-order valence-corrected chi connectivity index (χ1v) is 5.94. The lowest BCUT2D eigenvalue weighted by Crippen LogP contribution is -2.33. The summed E-state index contributed by atoms with van der Waals surface area (Å²) in [6, 6.07) is 0. The Bertz CT molecular complexity index is 261. The van der Waals surface area contributed by atoms with Crippen LogP contribution in [0.3, 0.4) is 0 Å². The van der Waals surface area contributed by atoms with E-state index in [9.17, 15) is 0 Å². The van der Waals surface area contributed by atoms with Crippen molar-refractivity contribution in [2.45, 2.75) is 49.2 Å². The van der Waals surface area contributed by atoms with Crippen molar-refractivity contribution in [3.8, 4) is 0 Å². The molecule has 0 aromatic carbocycles. The fourth-order valence-corrected chi connectivity index (χ4v) is 1.76. The topological polar surface area (TPSA) is 180 Å². The molecule has 0 spiro atoms. The van der Waals surface area contributed by atoms with Crippen LogP contribution in [0.2, 0.25) is 0 Å². The molecule has 20 heavy (non-hydrogen) atoms. The van der Waals surface area contributed by atoms with Gasteiger partial charge in [-0.15, -0.1) is 0 Å². The van der Waals surface area contributed by atoms with Crippen LogP contribution in [0, 0.1) is 0 Å². The van der Waals surface area contributed by atoms with Crippen LogP contribution in [0.4, 0.5) is 0 Å². The monoisotopic (exact) mass is 300 g/mol. The molecule has 8 atom stereocenters. The number of aliphatic hydroxyl groups is 8. The van der Waals surface area contributed by atoms with Crippen LogP contribution >= 0.6 is 0 Å². The van der Waals surface area contributed by atoms with Crippen molar-refractivity contribution in [1.82, 2.24) is 0 Å². The summed E-state index contributed by atoms with van der Waals surface area (Å²) in [4.78, 5) is 0. The quantitative estimate of drug-likeness (QED) is 0.245. The van der Waals surface area contributed by atoms with Gasteiger partial charge in [-0.25, -0.2) is 0 Å². The van der Waals surface area contributed by atoms with E-state index in [1.54, 1.807) is 0 Å². The number of aliphatic hydroxyl groups excluding tert-OH is 8. The molecule has 2 aliphatic rings. The van der Waals surface area contributed by atoms with E-state index in [4.69, 9.17) is 40.9 Å². The SMILES string of the molecule is OC[C@H]1O[C@@H](O)[C@@H](O)[C@@H]1O.OC[C@H]1O[C@@H](O)[C@H](O)[C@@H]1O. The smallest absolute Gasteiger partial charge is 0.184 e. The molecule has 2 saturated heterocycles. The van der Waals surface area contributed by atoms with Gasteiger partial charge in [-0.05, 0) is 0 Å². The Morgan fingerprint density at radius 2 is 0.850 bits per heavy atom. The van der Waals surface area contributed by atoms with Crippen LogP contribution in [-0.4, -0.2) is 103 Å². The molecule has 0 radical (unpaired) electrons. The normalized spacial score (nSPS) is 48.0. The lowest BCUT2D eigenvalue weighted by molar-refractivity contribution is -0.133. The molecule has 0 aromatic rings. The zero-order valence-electron chi connectivity index (χ0n) is 10.4. The van der Waals surface area contributed by atoms with Gasteiger partial charge in [-0.2, -0.15) is 0 Å². The van der Waals surface area contributed by atoms with Gasteiger partial charge in [0.2, 0.25) is 0 Å². The first kappa shape index (κ1) is 17.7. The average Bonchev–Trinajstić information content (AvgIpc) is 2.84. The van der Waals surface area contributed by atoms with E-state index in [0.29, 0.717) is 0 Å². The van der Waals surface area contributed by atoms with E-state index in [2.05, 4.69) is 9.47 Å². The van der Waals surface area contributed by atoms with Crippen molar-refractivity contribution in [2.75, 3.05) is 13.2 Å². The molecule has 2 heterocycles.